The Hall–Kier alpha value is -4.01. The lowest BCUT2D eigenvalue weighted by Gasteiger charge is -2.20. The molecule has 2 aromatic heterocycles. The van der Waals surface area contributed by atoms with Crippen LogP contribution in [0.25, 0.3) is 10.9 Å². The second kappa shape index (κ2) is 9.69. The topological polar surface area (TPSA) is 112 Å². The molecule has 1 saturated heterocycles. The van der Waals surface area contributed by atoms with Crippen molar-refractivity contribution in [1.29, 1.82) is 0 Å². The zero-order chi connectivity index (χ0) is 25.2. The van der Waals surface area contributed by atoms with E-state index in [1.54, 1.807) is 23.2 Å². The maximum Gasteiger partial charge on any atom is 0.247 e. The van der Waals surface area contributed by atoms with Gasteiger partial charge in [0.25, 0.3) is 0 Å². The quantitative estimate of drug-likeness (QED) is 0.423. The summed E-state index contributed by atoms with van der Waals surface area (Å²) in [7, 11) is 0. The summed E-state index contributed by atoms with van der Waals surface area (Å²) in [5.74, 6) is 0.776. The third-order valence-electron chi connectivity index (χ3n) is 5.56. The number of hydrogen-bond acceptors (Lipinski definition) is 7. The summed E-state index contributed by atoms with van der Waals surface area (Å²) in [6.07, 6.45) is 4.29. The fraction of sp³-hybridized carbons (Fsp3) is 0.346. The molecule has 1 aliphatic rings. The Morgan fingerprint density at radius 3 is 2.69 bits per heavy atom. The van der Waals surface area contributed by atoms with Crippen molar-refractivity contribution in [3.05, 3.63) is 48.8 Å². The average Bonchev–Trinajstić information content (AvgIpc) is 3.24. The monoisotopic (exact) mass is 473 g/mol. The van der Waals surface area contributed by atoms with E-state index in [9.17, 15) is 9.59 Å². The molecule has 1 aromatic carbocycles. The van der Waals surface area contributed by atoms with Gasteiger partial charge >= 0.3 is 0 Å². The summed E-state index contributed by atoms with van der Waals surface area (Å²) in [5, 5.41) is 10.3. The standard InChI is InChI=1S/C26H31N7O2/c1-6-21(34)30-20-13-18(33-11-7-8-22(33)35)9-10-19(20)31-25-27-14-17-12-16(2)29-24(23(17)32-25)28-15-26(3,4)5/h6,9-10,12-14H,1,7-8,11,15H2,2-5H3,(H,28,29)(H,30,34)(H,27,31,32). The molecule has 182 valence electrons. The number of hydrogen-bond donors (Lipinski definition) is 3. The predicted molar refractivity (Wildman–Crippen MR) is 140 cm³/mol. The van der Waals surface area contributed by atoms with Gasteiger partial charge in [0.15, 0.2) is 5.82 Å². The van der Waals surface area contributed by atoms with Gasteiger partial charge in [0.2, 0.25) is 17.8 Å². The highest BCUT2D eigenvalue weighted by Gasteiger charge is 2.23. The van der Waals surface area contributed by atoms with Crippen LogP contribution in [0.3, 0.4) is 0 Å². The first kappa shape index (κ1) is 24.1. The summed E-state index contributed by atoms with van der Waals surface area (Å²) < 4.78 is 0. The van der Waals surface area contributed by atoms with Crippen LogP contribution in [0, 0.1) is 12.3 Å². The Morgan fingerprint density at radius 1 is 1.20 bits per heavy atom. The number of nitrogens with zero attached hydrogens (tertiary/aromatic N) is 4. The lowest BCUT2D eigenvalue weighted by atomic mass is 9.97. The van der Waals surface area contributed by atoms with E-state index in [4.69, 9.17) is 4.98 Å². The van der Waals surface area contributed by atoms with Crippen LogP contribution in [0.1, 0.15) is 39.3 Å². The van der Waals surface area contributed by atoms with Gasteiger partial charge in [0.05, 0.1) is 11.4 Å². The molecule has 3 N–H and O–H groups in total. The SMILES string of the molecule is C=CC(=O)Nc1cc(N2CCCC2=O)ccc1Nc1ncc2cc(C)nc(NCC(C)(C)C)c2n1. The Kier molecular flexibility index (Phi) is 6.68. The van der Waals surface area contributed by atoms with Gasteiger partial charge in [-0.1, -0.05) is 27.4 Å². The Bertz CT molecular complexity index is 1300. The molecule has 9 heteroatoms. The highest BCUT2D eigenvalue weighted by Crippen LogP contribution is 2.32. The molecule has 0 radical (unpaired) electrons. The zero-order valence-corrected chi connectivity index (χ0v) is 20.6. The van der Waals surface area contributed by atoms with E-state index in [1.165, 1.54) is 6.08 Å². The smallest absolute Gasteiger partial charge is 0.247 e. The molecule has 4 rings (SSSR count). The number of fused-ring (bicyclic) bond motifs is 1. The van der Waals surface area contributed by atoms with Gasteiger partial charge in [-0.25, -0.2) is 15.0 Å². The van der Waals surface area contributed by atoms with Crippen molar-refractivity contribution in [1.82, 2.24) is 15.0 Å². The third-order valence-corrected chi connectivity index (χ3v) is 5.56. The van der Waals surface area contributed by atoms with E-state index < -0.39 is 0 Å². The van der Waals surface area contributed by atoms with Crippen molar-refractivity contribution in [2.75, 3.05) is 33.9 Å². The second-order valence-corrected chi connectivity index (χ2v) is 9.86. The molecule has 1 fully saturated rings. The fourth-order valence-electron chi connectivity index (χ4n) is 3.84. The van der Waals surface area contributed by atoms with Gasteiger partial charge in [-0.2, -0.15) is 0 Å². The van der Waals surface area contributed by atoms with Crippen LogP contribution in [-0.4, -0.2) is 39.9 Å². The van der Waals surface area contributed by atoms with Crippen LogP contribution >= 0.6 is 0 Å². The summed E-state index contributed by atoms with van der Waals surface area (Å²) in [4.78, 5) is 39.9. The maximum atomic E-state index is 12.2. The van der Waals surface area contributed by atoms with Gasteiger partial charge in [-0.3, -0.25) is 9.59 Å². The number of carbonyl (C=O) groups excluding carboxylic acids is 2. The molecule has 9 nitrogen and oxygen atoms in total. The molecule has 3 aromatic rings. The summed E-state index contributed by atoms with van der Waals surface area (Å²) in [6.45, 7) is 13.3. The number of anilines is 5. The highest BCUT2D eigenvalue weighted by atomic mass is 16.2. The molecule has 2 amide bonds. The lowest BCUT2D eigenvalue weighted by molar-refractivity contribution is -0.117. The molecule has 1 aliphatic heterocycles. The summed E-state index contributed by atoms with van der Waals surface area (Å²) in [5.41, 5.74) is 3.48. The molecule has 0 bridgehead atoms. The van der Waals surface area contributed by atoms with Crippen LogP contribution in [0.15, 0.2) is 43.1 Å². The van der Waals surface area contributed by atoms with Crippen molar-refractivity contribution < 1.29 is 9.59 Å². The van der Waals surface area contributed by atoms with Crippen LogP contribution in [0.5, 0.6) is 0 Å². The van der Waals surface area contributed by atoms with Crippen molar-refractivity contribution in [3.63, 3.8) is 0 Å². The molecular weight excluding hydrogens is 442 g/mol. The van der Waals surface area contributed by atoms with Crippen molar-refractivity contribution in [3.8, 4) is 0 Å². The molecule has 3 heterocycles. The number of nitrogens with one attached hydrogen (secondary N) is 3. The van der Waals surface area contributed by atoms with E-state index in [2.05, 4.69) is 53.3 Å². The minimum atomic E-state index is -0.356. The number of aryl methyl sites for hydroxylation is 1. The summed E-state index contributed by atoms with van der Waals surface area (Å²) >= 11 is 0. The Labute approximate surface area is 205 Å². The average molecular weight is 474 g/mol. The van der Waals surface area contributed by atoms with E-state index in [-0.39, 0.29) is 17.2 Å². The minimum Gasteiger partial charge on any atom is -0.368 e. The maximum absolute atomic E-state index is 12.2. The van der Waals surface area contributed by atoms with Crippen molar-refractivity contribution in [2.24, 2.45) is 5.41 Å². The predicted octanol–water partition coefficient (Wildman–Crippen LogP) is 4.79. The first-order chi connectivity index (χ1) is 16.6. The van der Waals surface area contributed by atoms with Gasteiger partial charge in [-0.15, -0.1) is 0 Å². The fourth-order valence-corrected chi connectivity index (χ4v) is 3.84. The van der Waals surface area contributed by atoms with Gasteiger partial charge in [0, 0.05) is 42.5 Å². The first-order valence-corrected chi connectivity index (χ1v) is 11.7. The van der Waals surface area contributed by atoms with E-state index in [0.29, 0.717) is 41.6 Å². The number of carbonyl (C=O) groups is 2. The van der Waals surface area contributed by atoms with Crippen LogP contribution in [-0.2, 0) is 9.59 Å². The number of rotatable bonds is 7. The number of aromatic nitrogens is 3. The molecule has 0 spiro atoms. The molecule has 0 unspecified atom stereocenters. The van der Waals surface area contributed by atoms with Crippen LogP contribution in [0.4, 0.5) is 28.8 Å². The molecule has 0 atom stereocenters. The van der Waals surface area contributed by atoms with E-state index >= 15 is 0 Å². The Balaban J connectivity index is 1.68. The molecular formula is C26H31N7O2. The second-order valence-electron chi connectivity index (χ2n) is 9.86. The summed E-state index contributed by atoms with van der Waals surface area (Å²) in [6, 6.07) is 7.37. The minimum absolute atomic E-state index is 0.0719. The highest BCUT2D eigenvalue weighted by molar-refractivity contribution is 6.03. The normalized spacial score (nSPS) is 13.7. The van der Waals surface area contributed by atoms with E-state index in [1.807, 2.05) is 19.1 Å². The van der Waals surface area contributed by atoms with Crippen LogP contribution < -0.4 is 20.9 Å². The largest absolute Gasteiger partial charge is 0.368 e. The van der Waals surface area contributed by atoms with Gasteiger partial charge in [0.1, 0.15) is 5.52 Å². The van der Waals surface area contributed by atoms with Crippen molar-refractivity contribution >= 4 is 51.5 Å². The van der Waals surface area contributed by atoms with Gasteiger partial charge < -0.3 is 20.9 Å². The molecule has 35 heavy (non-hydrogen) atoms. The third kappa shape index (κ3) is 5.74. The molecule has 0 saturated carbocycles. The van der Waals surface area contributed by atoms with Gasteiger partial charge in [-0.05, 0) is 49.1 Å². The first-order valence-electron chi connectivity index (χ1n) is 11.7. The Morgan fingerprint density at radius 2 is 2.00 bits per heavy atom. The number of amides is 2. The van der Waals surface area contributed by atoms with Crippen LogP contribution in [0.2, 0.25) is 0 Å². The van der Waals surface area contributed by atoms with E-state index in [0.717, 1.165) is 29.7 Å². The molecule has 0 aliphatic carbocycles. The number of pyridine rings is 1. The zero-order valence-electron chi connectivity index (χ0n) is 20.6. The lowest BCUT2D eigenvalue weighted by Crippen LogP contribution is -2.24. The van der Waals surface area contributed by atoms with Crippen molar-refractivity contribution in [2.45, 2.75) is 40.5 Å². The number of benzene rings is 1.